The Labute approximate surface area is 50.0 Å². The van der Waals surface area contributed by atoms with Gasteiger partial charge in [-0.25, -0.2) is 0 Å². The lowest BCUT2D eigenvalue weighted by molar-refractivity contribution is 0.129. The van der Waals surface area contributed by atoms with Gasteiger partial charge in [0.05, 0.1) is 6.10 Å². The summed E-state index contributed by atoms with van der Waals surface area (Å²) in [6, 6.07) is 0. The van der Waals surface area contributed by atoms with Crippen LogP contribution in [0.25, 0.3) is 0 Å². The Bertz CT molecular complexity index is 126. The third-order valence-electron chi connectivity index (χ3n) is 2.19. The van der Waals surface area contributed by atoms with Crippen molar-refractivity contribution >= 4 is 0 Å². The van der Waals surface area contributed by atoms with E-state index in [0.717, 1.165) is 6.42 Å². The lowest BCUT2D eigenvalue weighted by atomic mass is 10.0. The van der Waals surface area contributed by atoms with E-state index in [2.05, 4.69) is 6.58 Å². The van der Waals surface area contributed by atoms with Crippen molar-refractivity contribution in [2.45, 2.75) is 26.4 Å². The van der Waals surface area contributed by atoms with Crippen molar-refractivity contribution in [1.82, 2.24) is 0 Å². The van der Waals surface area contributed by atoms with E-state index >= 15 is 0 Å². The topological polar surface area (TPSA) is 20.2 Å². The highest BCUT2D eigenvalue weighted by molar-refractivity contribution is 5.29. The van der Waals surface area contributed by atoms with Crippen molar-refractivity contribution in [3.8, 4) is 0 Å². The molecule has 0 saturated heterocycles. The molecule has 1 rings (SSSR count). The third-order valence-corrected chi connectivity index (χ3v) is 2.19. The quantitative estimate of drug-likeness (QED) is 0.507. The van der Waals surface area contributed by atoms with Crippen molar-refractivity contribution in [3.05, 3.63) is 12.2 Å². The van der Waals surface area contributed by atoms with Gasteiger partial charge in [-0.1, -0.05) is 19.1 Å². The fourth-order valence-corrected chi connectivity index (χ4v) is 0.842. The monoisotopic (exact) mass is 112 g/mol. The molecule has 0 heterocycles. The summed E-state index contributed by atoms with van der Waals surface area (Å²) in [5, 5.41) is 9.06. The number of aliphatic hydroxyl groups is 1. The van der Waals surface area contributed by atoms with E-state index in [1.165, 1.54) is 5.57 Å². The van der Waals surface area contributed by atoms with Crippen molar-refractivity contribution in [1.29, 1.82) is 0 Å². The molecule has 0 spiro atoms. The van der Waals surface area contributed by atoms with E-state index in [0.29, 0.717) is 0 Å². The van der Waals surface area contributed by atoms with Crippen LogP contribution in [0.4, 0.5) is 0 Å². The Balaban J connectivity index is 2.59. The van der Waals surface area contributed by atoms with E-state index < -0.39 is 0 Å². The van der Waals surface area contributed by atoms with Crippen molar-refractivity contribution in [2.24, 2.45) is 5.41 Å². The standard InChI is InChI=1S/C7H12O/c1-5-4-7(5,3)6(2)8/h6,8H,1,4H2,2-3H3. The summed E-state index contributed by atoms with van der Waals surface area (Å²) in [5.41, 5.74) is 1.26. The second-order valence-electron chi connectivity index (χ2n) is 2.87. The second kappa shape index (κ2) is 1.35. The minimum Gasteiger partial charge on any atom is -0.393 e. The van der Waals surface area contributed by atoms with Crippen molar-refractivity contribution in [3.63, 3.8) is 0 Å². The maximum absolute atomic E-state index is 9.06. The van der Waals surface area contributed by atoms with Crippen LogP contribution in [0, 0.1) is 5.41 Å². The van der Waals surface area contributed by atoms with Crippen LogP contribution in [-0.4, -0.2) is 11.2 Å². The molecule has 0 amide bonds. The lowest BCUT2D eigenvalue weighted by Gasteiger charge is -2.09. The predicted molar refractivity (Wildman–Crippen MR) is 33.5 cm³/mol. The molecule has 2 unspecified atom stereocenters. The molecule has 1 N–H and O–H groups in total. The largest absolute Gasteiger partial charge is 0.393 e. The van der Waals surface area contributed by atoms with Gasteiger partial charge in [-0.3, -0.25) is 0 Å². The first-order valence-electron chi connectivity index (χ1n) is 2.93. The van der Waals surface area contributed by atoms with Crippen LogP contribution in [0.2, 0.25) is 0 Å². The van der Waals surface area contributed by atoms with Gasteiger partial charge < -0.3 is 5.11 Å². The molecule has 46 valence electrons. The maximum atomic E-state index is 9.06. The minimum absolute atomic E-state index is 0.0694. The van der Waals surface area contributed by atoms with Gasteiger partial charge in [-0.15, -0.1) is 0 Å². The zero-order valence-electron chi connectivity index (χ0n) is 5.44. The SMILES string of the molecule is C=C1CC1(C)C(C)O. The van der Waals surface area contributed by atoms with Gasteiger partial charge in [0, 0.05) is 5.41 Å². The molecule has 0 aromatic heterocycles. The molecule has 0 aromatic rings. The fourth-order valence-electron chi connectivity index (χ4n) is 0.842. The van der Waals surface area contributed by atoms with E-state index in [1.807, 2.05) is 13.8 Å². The molecule has 1 aliphatic carbocycles. The van der Waals surface area contributed by atoms with Crippen LogP contribution >= 0.6 is 0 Å². The highest BCUT2D eigenvalue weighted by Gasteiger charge is 2.46. The first-order chi connectivity index (χ1) is 3.57. The van der Waals surface area contributed by atoms with Gasteiger partial charge in [0.15, 0.2) is 0 Å². The highest BCUT2D eigenvalue weighted by atomic mass is 16.3. The van der Waals surface area contributed by atoms with Gasteiger partial charge in [-0.05, 0) is 13.3 Å². The predicted octanol–water partition coefficient (Wildman–Crippen LogP) is 1.33. The summed E-state index contributed by atoms with van der Waals surface area (Å²) in [6.07, 6.45) is 0.792. The Morgan fingerprint density at radius 1 is 1.88 bits per heavy atom. The summed E-state index contributed by atoms with van der Waals surface area (Å²) >= 11 is 0. The van der Waals surface area contributed by atoms with Crippen molar-refractivity contribution < 1.29 is 5.11 Å². The molecule has 1 fully saturated rings. The first-order valence-corrected chi connectivity index (χ1v) is 2.93. The number of hydrogen-bond donors (Lipinski definition) is 1. The Morgan fingerprint density at radius 3 is 2.25 bits per heavy atom. The minimum atomic E-state index is -0.213. The van der Waals surface area contributed by atoms with Gasteiger partial charge in [-0.2, -0.15) is 0 Å². The van der Waals surface area contributed by atoms with Crippen LogP contribution in [-0.2, 0) is 0 Å². The molecule has 1 heteroatoms. The second-order valence-corrected chi connectivity index (χ2v) is 2.87. The van der Waals surface area contributed by atoms with Gasteiger partial charge >= 0.3 is 0 Å². The molecule has 1 aliphatic rings. The highest BCUT2D eigenvalue weighted by Crippen LogP contribution is 2.52. The van der Waals surface area contributed by atoms with Gasteiger partial charge in [0.25, 0.3) is 0 Å². The molecule has 0 radical (unpaired) electrons. The van der Waals surface area contributed by atoms with E-state index in [4.69, 9.17) is 5.11 Å². The first kappa shape index (κ1) is 5.83. The molecule has 2 atom stereocenters. The molecule has 8 heavy (non-hydrogen) atoms. The average Bonchev–Trinajstić information content (AvgIpc) is 2.17. The lowest BCUT2D eigenvalue weighted by Crippen LogP contribution is -2.13. The molecular weight excluding hydrogens is 100 g/mol. The zero-order chi connectivity index (χ0) is 6.36. The third kappa shape index (κ3) is 0.583. The van der Waals surface area contributed by atoms with E-state index in [1.54, 1.807) is 0 Å². The van der Waals surface area contributed by atoms with Gasteiger partial charge in [0.1, 0.15) is 0 Å². The number of aliphatic hydroxyl groups excluding tert-OH is 1. The van der Waals surface area contributed by atoms with Crippen LogP contribution in [0.5, 0.6) is 0 Å². The Hall–Kier alpha value is -0.300. The average molecular weight is 112 g/mol. The van der Waals surface area contributed by atoms with Crippen molar-refractivity contribution in [2.75, 3.05) is 0 Å². The smallest absolute Gasteiger partial charge is 0.0605 e. The number of rotatable bonds is 1. The summed E-state index contributed by atoms with van der Waals surface area (Å²) in [7, 11) is 0. The molecule has 1 saturated carbocycles. The molecule has 0 bridgehead atoms. The van der Waals surface area contributed by atoms with Crippen LogP contribution in [0.15, 0.2) is 12.2 Å². The maximum Gasteiger partial charge on any atom is 0.0605 e. The Kier molecular flexibility index (Phi) is 0.984. The summed E-state index contributed by atoms with van der Waals surface area (Å²) in [4.78, 5) is 0. The zero-order valence-corrected chi connectivity index (χ0v) is 5.44. The normalized spacial score (nSPS) is 39.6. The van der Waals surface area contributed by atoms with Crippen LogP contribution < -0.4 is 0 Å². The fraction of sp³-hybridized carbons (Fsp3) is 0.714. The summed E-state index contributed by atoms with van der Waals surface area (Å²) in [6.45, 7) is 7.64. The summed E-state index contributed by atoms with van der Waals surface area (Å²) in [5.74, 6) is 0. The van der Waals surface area contributed by atoms with E-state index in [9.17, 15) is 0 Å². The molecule has 0 aliphatic heterocycles. The Morgan fingerprint density at radius 2 is 2.25 bits per heavy atom. The molecule has 1 nitrogen and oxygen atoms in total. The van der Waals surface area contributed by atoms with E-state index in [-0.39, 0.29) is 11.5 Å². The van der Waals surface area contributed by atoms with Crippen LogP contribution in [0.3, 0.4) is 0 Å². The number of hydrogen-bond acceptors (Lipinski definition) is 1. The van der Waals surface area contributed by atoms with Crippen LogP contribution in [0.1, 0.15) is 20.3 Å². The summed E-state index contributed by atoms with van der Waals surface area (Å²) < 4.78 is 0. The van der Waals surface area contributed by atoms with Gasteiger partial charge in [0.2, 0.25) is 0 Å². The molecular formula is C7H12O. The molecule has 0 aromatic carbocycles.